The van der Waals surface area contributed by atoms with E-state index < -0.39 is 0 Å². The average molecular weight is 277 g/mol. The number of hydrogen-bond donors (Lipinski definition) is 1. The standard InChI is InChI=1S/C16H23NOS/c1-3-15(18)13-6-8-14(9-7-13)17-12-16(19-2)10-4-5-11-16/h6-9,17H,3-5,10-12H2,1-2H3. The number of nitrogens with one attached hydrogen (secondary N) is 1. The Morgan fingerprint density at radius 3 is 2.42 bits per heavy atom. The first kappa shape index (κ1) is 14.4. The van der Waals surface area contributed by atoms with Crippen LogP contribution in [0, 0.1) is 0 Å². The Hall–Kier alpha value is -0.960. The van der Waals surface area contributed by atoms with Crippen molar-refractivity contribution in [2.24, 2.45) is 0 Å². The first-order valence-electron chi connectivity index (χ1n) is 7.11. The Kier molecular flexibility index (Phi) is 4.92. The Bertz CT molecular complexity index is 421. The minimum atomic E-state index is 0.211. The third-order valence-corrected chi connectivity index (χ3v) is 5.51. The Labute approximate surface area is 120 Å². The fourth-order valence-corrected chi connectivity index (χ4v) is 3.63. The summed E-state index contributed by atoms with van der Waals surface area (Å²) in [6.45, 7) is 2.92. The molecule has 1 saturated carbocycles. The monoisotopic (exact) mass is 277 g/mol. The van der Waals surface area contributed by atoms with Gasteiger partial charge >= 0.3 is 0 Å². The molecule has 0 spiro atoms. The van der Waals surface area contributed by atoms with Crippen LogP contribution in [0.5, 0.6) is 0 Å². The molecule has 1 N–H and O–H groups in total. The van der Waals surface area contributed by atoms with Crippen LogP contribution in [0.2, 0.25) is 0 Å². The molecular weight excluding hydrogens is 254 g/mol. The molecule has 0 saturated heterocycles. The molecule has 0 aliphatic heterocycles. The van der Waals surface area contributed by atoms with E-state index in [0.717, 1.165) is 17.8 Å². The number of carbonyl (C=O) groups is 1. The number of benzene rings is 1. The Balaban J connectivity index is 1.94. The molecule has 1 aliphatic carbocycles. The number of carbonyl (C=O) groups excluding carboxylic acids is 1. The van der Waals surface area contributed by atoms with E-state index in [1.165, 1.54) is 25.7 Å². The van der Waals surface area contributed by atoms with Gasteiger partial charge in [-0.3, -0.25) is 4.79 Å². The van der Waals surface area contributed by atoms with Crippen molar-refractivity contribution in [3.63, 3.8) is 0 Å². The molecule has 1 aromatic rings. The summed E-state index contributed by atoms with van der Waals surface area (Å²) >= 11 is 1.99. The summed E-state index contributed by atoms with van der Waals surface area (Å²) < 4.78 is 0.415. The summed E-state index contributed by atoms with van der Waals surface area (Å²) in [5.41, 5.74) is 1.93. The van der Waals surface area contributed by atoms with Crippen LogP contribution >= 0.6 is 11.8 Å². The number of thioether (sulfide) groups is 1. The van der Waals surface area contributed by atoms with Gasteiger partial charge in [0.1, 0.15) is 0 Å². The summed E-state index contributed by atoms with van der Waals surface area (Å²) in [6, 6.07) is 7.89. The second kappa shape index (κ2) is 6.47. The molecule has 2 rings (SSSR count). The zero-order chi connectivity index (χ0) is 13.7. The highest BCUT2D eigenvalue weighted by molar-refractivity contribution is 8.00. The molecule has 1 aliphatic rings. The fourth-order valence-electron chi connectivity index (χ4n) is 2.71. The number of anilines is 1. The van der Waals surface area contributed by atoms with Gasteiger partial charge in [-0.1, -0.05) is 19.8 Å². The molecule has 19 heavy (non-hydrogen) atoms. The number of Topliss-reactive ketones (excluding diaryl/α,β-unsaturated/α-hetero) is 1. The van der Waals surface area contributed by atoms with Crippen LogP contribution in [0.25, 0.3) is 0 Å². The number of rotatable bonds is 6. The van der Waals surface area contributed by atoms with Crippen LogP contribution in [-0.2, 0) is 0 Å². The maximum absolute atomic E-state index is 11.6. The van der Waals surface area contributed by atoms with E-state index >= 15 is 0 Å². The molecule has 3 heteroatoms. The number of ketones is 1. The molecule has 1 aromatic carbocycles. The van der Waals surface area contributed by atoms with Crippen LogP contribution in [0.1, 0.15) is 49.4 Å². The van der Waals surface area contributed by atoms with Gasteiger partial charge in [0.2, 0.25) is 0 Å². The third-order valence-electron chi connectivity index (χ3n) is 4.09. The minimum Gasteiger partial charge on any atom is -0.384 e. The maximum Gasteiger partial charge on any atom is 0.162 e. The van der Waals surface area contributed by atoms with E-state index in [0.29, 0.717) is 11.2 Å². The zero-order valence-corrected chi connectivity index (χ0v) is 12.7. The second-order valence-electron chi connectivity index (χ2n) is 5.30. The van der Waals surface area contributed by atoms with Gasteiger partial charge in [-0.2, -0.15) is 11.8 Å². The van der Waals surface area contributed by atoms with E-state index in [1.807, 2.05) is 43.0 Å². The van der Waals surface area contributed by atoms with Crippen molar-refractivity contribution < 1.29 is 4.79 Å². The largest absolute Gasteiger partial charge is 0.384 e. The van der Waals surface area contributed by atoms with E-state index in [-0.39, 0.29) is 5.78 Å². The van der Waals surface area contributed by atoms with Crippen molar-refractivity contribution in [3.8, 4) is 0 Å². The molecule has 0 atom stereocenters. The lowest BCUT2D eigenvalue weighted by Crippen LogP contribution is -2.29. The third kappa shape index (κ3) is 3.53. The van der Waals surface area contributed by atoms with Crippen molar-refractivity contribution in [2.45, 2.75) is 43.8 Å². The predicted octanol–water partition coefficient (Wildman–Crippen LogP) is 4.37. The molecule has 104 valence electrons. The normalized spacial score (nSPS) is 17.4. The van der Waals surface area contributed by atoms with E-state index in [4.69, 9.17) is 0 Å². The SMILES string of the molecule is CCC(=O)c1ccc(NCC2(SC)CCCC2)cc1. The molecule has 0 amide bonds. The average Bonchev–Trinajstić information content (AvgIpc) is 2.94. The summed E-state index contributed by atoms with van der Waals surface area (Å²) in [5.74, 6) is 0.211. The smallest absolute Gasteiger partial charge is 0.162 e. The summed E-state index contributed by atoms with van der Waals surface area (Å²) in [7, 11) is 0. The van der Waals surface area contributed by atoms with Crippen molar-refractivity contribution in [1.29, 1.82) is 0 Å². The Morgan fingerprint density at radius 2 is 1.89 bits per heavy atom. The van der Waals surface area contributed by atoms with Gasteiger partial charge in [-0.15, -0.1) is 0 Å². The molecule has 1 fully saturated rings. The topological polar surface area (TPSA) is 29.1 Å². The highest BCUT2D eigenvalue weighted by Crippen LogP contribution is 2.40. The lowest BCUT2D eigenvalue weighted by Gasteiger charge is -2.27. The Morgan fingerprint density at radius 1 is 1.26 bits per heavy atom. The van der Waals surface area contributed by atoms with Gasteiger partial charge < -0.3 is 5.32 Å². The highest BCUT2D eigenvalue weighted by Gasteiger charge is 2.32. The molecule has 0 bridgehead atoms. The van der Waals surface area contributed by atoms with Crippen molar-refractivity contribution in [2.75, 3.05) is 18.1 Å². The molecule has 0 unspecified atom stereocenters. The van der Waals surface area contributed by atoms with E-state index in [2.05, 4.69) is 11.6 Å². The molecule has 2 nitrogen and oxygen atoms in total. The number of hydrogen-bond acceptors (Lipinski definition) is 3. The lowest BCUT2D eigenvalue weighted by molar-refractivity contribution is 0.0988. The molecule has 0 radical (unpaired) electrons. The van der Waals surface area contributed by atoms with Crippen LogP contribution in [-0.4, -0.2) is 23.3 Å². The van der Waals surface area contributed by atoms with Crippen molar-refractivity contribution in [3.05, 3.63) is 29.8 Å². The van der Waals surface area contributed by atoms with Gasteiger partial charge in [0.05, 0.1) is 0 Å². The quantitative estimate of drug-likeness (QED) is 0.783. The van der Waals surface area contributed by atoms with Crippen molar-refractivity contribution >= 4 is 23.2 Å². The van der Waals surface area contributed by atoms with E-state index in [1.54, 1.807) is 0 Å². The van der Waals surface area contributed by atoms with Gasteiger partial charge in [-0.05, 0) is 43.4 Å². The van der Waals surface area contributed by atoms with Crippen LogP contribution in [0.15, 0.2) is 24.3 Å². The lowest BCUT2D eigenvalue weighted by atomic mass is 10.1. The van der Waals surface area contributed by atoms with Crippen molar-refractivity contribution in [1.82, 2.24) is 0 Å². The van der Waals surface area contributed by atoms with Gasteiger partial charge in [-0.25, -0.2) is 0 Å². The summed E-state index contributed by atoms with van der Waals surface area (Å²) in [5, 5.41) is 3.53. The van der Waals surface area contributed by atoms with Crippen LogP contribution in [0.4, 0.5) is 5.69 Å². The first-order valence-corrected chi connectivity index (χ1v) is 8.34. The highest BCUT2D eigenvalue weighted by atomic mass is 32.2. The fraction of sp³-hybridized carbons (Fsp3) is 0.562. The second-order valence-corrected chi connectivity index (χ2v) is 6.58. The predicted molar refractivity (Wildman–Crippen MR) is 84.3 cm³/mol. The van der Waals surface area contributed by atoms with Gasteiger partial charge in [0.25, 0.3) is 0 Å². The molecular formula is C16H23NOS. The maximum atomic E-state index is 11.6. The zero-order valence-electron chi connectivity index (χ0n) is 11.9. The molecule has 0 heterocycles. The van der Waals surface area contributed by atoms with Gasteiger partial charge in [0, 0.05) is 29.0 Å². The summed E-state index contributed by atoms with van der Waals surface area (Å²) in [4.78, 5) is 11.6. The first-order chi connectivity index (χ1) is 9.19. The molecule has 0 aromatic heterocycles. The summed E-state index contributed by atoms with van der Waals surface area (Å²) in [6.07, 6.45) is 8.12. The van der Waals surface area contributed by atoms with Crippen LogP contribution in [0.3, 0.4) is 0 Å². The van der Waals surface area contributed by atoms with Gasteiger partial charge in [0.15, 0.2) is 5.78 Å². The minimum absolute atomic E-state index is 0.211. The van der Waals surface area contributed by atoms with E-state index in [9.17, 15) is 4.79 Å². The van der Waals surface area contributed by atoms with Crippen LogP contribution < -0.4 is 5.32 Å².